The van der Waals surface area contributed by atoms with Gasteiger partial charge >= 0.3 is 0 Å². The first-order valence-corrected chi connectivity index (χ1v) is 12.6. The Morgan fingerprint density at radius 1 is 0.949 bits per heavy atom. The molecular formula is C31H30N2O6. The third-order valence-electron chi connectivity index (χ3n) is 7.14. The predicted octanol–water partition coefficient (Wildman–Crippen LogP) is 4.94. The average molecular weight is 527 g/mol. The van der Waals surface area contributed by atoms with Crippen LogP contribution in [0.2, 0.25) is 0 Å². The number of carbonyl (C=O) groups is 2. The number of nitrogens with one attached hydrogen (secondary N) is 1. The van der Waals surface area contributed by atoms with Gasteiger partial charge in [0, 0.05) is 35.6 Å². The molecule has 1 unspecified atom stereocenters. The number of carbonyl (C=O) groups excluding carboxylic acids is 2. The summed E-state index contributed by atoms with van der Waals surface area (Å²) in [5, 5.41) is 12.0. The van der Waals surface area contributed by atoms with Crippen molar-refractivity contribution >= 4 is 22.6 Å². The number of nitrogens with zero attached hydrogens (tertiary/aromatic N) is 1. The number of Topliss-reactive ketones (excluding diaryl/α,β-unsaturated/α-hetero) is 1. The van der Waals surface area contributed by atoms with Gasteiger partial charge in [-0.15, -0.1) is 0 Å². The molecule has 0 bridgehead atoms. The molecular weight excluding hydrogens is 496 g/mol. The van der Waals surface area contributed by atoms with E-state index >= 15 is 0 Å². The Labute approximate surface area is 226 Å². The molecule has 0 saturated heterocycles. The molecule has 1 amide bonds. The van der Waals surface area contributed by atoms with Crippen LogP contribution in [0.4, 0.5) is 0 Å². The smallest absolute Gasteiger partial charge is 0.290 e. The highest BCUT2D eigenvalue weighted by Crippen LogP contribution is 2.43. The first-order chi connectivity index (χ1) is 18.9. The van der Waals surface area contributed by atoms with E-state index in [0.29, 0.717) is 23.5 Å². The number of ketones is 1. The number of aromatic nitrogens is 1. The highest BCUT2D eigenvalue weighted by molar-refractivity contribution is 6.09. The number of aliphatic hydroxyl groups excluding tert-OH is 1. The van der Waals surface area contributed by atoms with E-state index in [4.69, 9.17) is 14.2 Å². The minimum atomic E-state index is -0.849. The molecule has 0 spiro atoms. The number of methoxy groups -OCH3 is 3. The van der Waals surface area contributed by atoms with E-state index in [9.17, 15) is 14.7 Å². The van der Waals surface area contributed by atoms with Crippen molar-refractivity contribution in [1.82, 2.24) is 9.88 Å². The lowest BCUT2D eigenvalue weighted by Gasteiger charge is -2.28. The zero-order valence-electron chi connectivity index (χ0n) is 22.1. The van der Waals surface area contributed by atoms with Gasteiger partial charge in [-0.1, -0.05) is 30.3 Å². The average Bonchev–Trinajstić information content (AvgIpc) is 3.48. The van der Waals surface area contributed by atoms with Gasteiger partial charge < -0.3 is 29.2 Å². The maximum Gasteiger partial charge on any atom is 0.290 e. The molecule has 0 fully saturated rings. The summed E-state index contributed by atoms with van der Waals surface area (Å²) in [5.74, 6) is 0.289. The van der Waals surface area contributed by atoms with E-state index in [1.165, 1.54) is 12.0 Å². The second-order valence-electron chi connectivity index (χ2n) is 9.33. The van der Waals surface area contributed by atoms with Gasteiger partial charge in [0.25, 0.3) is 5.91 Å². The normalized spacial score (nSPS) is 15.2. The van der Waals surface area contributed by atoms with Crippen molar-refractivity contribution in [2.75, 3.05) is 27.9 Å². The van der Waals surface area contributed by atoms with Crippen molar-refractivity contribution in [3.05, 3.63) is 101 Å². The fraction of sp³-hybridized carbons (Fsp3) is 0.226. The lowest BCUT2D eigenvalue weighted by molar-refractivity contribution is -0.129. The van der Waals surface area contributed by atoms with Gasteiger partial charge in [0.1, 0.15) is 17.2 Å². The Morgan fingerprint density at radius 2 is 1.67 bits per heavy atom. The minimum absolute atomic E-state index is 0.0480. The molecule has 5 rings (SSSR count). The van der Waals surface area contributed by atoms with Crippen molar-refractivity contribution in [2.45, 2.75) is 18.9 Å². The van der Waals surface area contributed by atoms with Crippen LogP contribution in [-0.4, -0.2) is 54.6 Å². The number of ether oxygens (including phenoxy) is 3. The highest BCUT2D eigenvalue weighted by Gasteiger charge is 2.44. The summed E-state index contributed by atoms with van der Waals surface area (Å²) in [6.45, 7) is 0.250. The van der Waals surface area contributed by atoms with Crippen LogP contribution >= 0.6 is 0 Å². The van der Waals surface area contributed by atoms with Gasteiger partial charge in [-0.25, -0.2) is 0 Å². The van der Waals surface area contributed by atoms with Gasteiger partial charge in [-0.3, -0.25) is 9.59 Å². The lowest BCUT2D eigenvalue weighted by atomic mass is 9.92. The highest BCUT2D eigenvalue weighted by atomic mass is 16.5. The van der Waals surface area contributed by atoms with Gasteiger partial charge in [-0.2, -0.15) is 0 Å². The molecule has 1 atom stereocenters. The molecule has 39 heavy (non-hydrogen) atoms. The summed E-state index contributed by atoms with van der Waals surface area (Å²) in [6.07, 6.45) is 2.43. The molecule has 200 valence electrons. The summed E-state index contributed by atoms with van der Waals surface area (Å²) >= 11 is 0. The van der Waals surface area contributed by atoms with Gasteiger partial charge in [0.05, 0.1) is 32.9 Å². The van der Waals surface area contributed by atoms with E-state index in [1.54, 1.807) is 32.4 Å². The van der Waals surface area contributed by atoms with Crippen molar-refractivity contribution in [3.8, 4) is 17.2 Å². The Bertz CT molecular complexity index is 1560. The molecule has 2 heterocycles. The Balaban J connectivity index is 1.54. The standard InChI is InChI=1S/C31H30N2O6/c1-37-21-9-11-25-23(16-21)20(18-32-25)13-14-33-29(24-17-22(38-2)10-12-27(24)39-3)28(30(35)31(33)36)26(34)15-19-7-5-4-6-8-19/h4-12,16-18,29,32,35H,13-15H2,1-3H3. The molecule has 1 aliphatic heterocycles. The molecule has 8 heteroatoms. The van der Waals surface area contributed by atoms with Crippen LogP contribution in [-0.2, 0) is 22.4 Å². The molecule has 8 nitrogen and oxygen atoms in total. The minimum Gasteiger partial charge on any atom is -0.503 e. The summed E-state index contributed by atoms with van der Waals surface area (Å²) in [6, 6.07) is 19.4. The van der Waals surface area contributed by atoms with E-state index in [-0.39, 0.29) is 24.3 Å². The molecule has 4 aromatic rings. The summed E-state index contributed by atoms with van der Waals surface area (Å²) in [5.41, 5.74) is 3.33. The maximum absolute atomic E-state index is 13.6. The number of benzene rings is 3. The summed E-state index contributed by atoms with van der Waals surface area (Å²) in [7, 11) is 4.69. The molecule has 0 saturated carbocycles. The third-order valence-corrected chi connectivity index (χ3v) is 7.14. The van der Waals surface area contributed by atoms with Crippen molar-refractivity contribution in [3.63, 3.8) is 0 Å². The first kappa shape index (κ1) is 25.9. The van der Waals surface area contributed by atoms with E-state index in [2.05, 4.69) is 4.98 Å². The molecule has 3 aromatic carbocycles. The Kier molecular flexibility index (Phi) is 7.27. The topological polar surface area (TPSA) is 101 Å². The SMILES string of the molecule is COc1ccc(OC)c(C2C(C(=O)Cc3ccccc3)=C(O)C(=O)N2CCc2c[nH]c3ccc(OC)cc23)c1. The number of H-pyrrole nitrogens is 1. The molecule has 0 aliphatic carbocycles. The van der Waals surface area contributed by atoms with E-state index < -0.39 is 17.7 Å². The molecule has 0 radical (unpaired) electrons. The van der Waals surface area contributed by atoms with Crippen LogP contribution in [0.25, 0.3) is 10.9 Å². The van der Waals surface area contributed by atoms with Crippen LogP contribution in [0, 0.1) is 0 Å². The van der Waals surface area contributed by atoms with Gasteiger partial charge in [0.15, 0.2) is 11.5 Å². The Morgan fingerprint density at radius 3 is 2.38 bits per heavy atom. The van der Waals surface area contributed by atoms with E-state index in [1.807, 2.05) is 54.7 Å². The lowest BCUT2D eigenvalue weighted by Crippen LogP contribution is -2.33. The van der Waals surface area contributed by atoms with E-state index in [0.717, 1.165) is 27.8 Å². The number of aliphatic hydroxyl groups is 1. The van der Waals surface area contributed by atoms with Crippen LogP contribution in [0.15, 0.2) is 84.3 Å². The second kappa shape index (κ2) is 10.9. The number of rotatable bonds is 10. The zero-order chi connectivity index (χ0) is 27.5. The summed E-state index contributed by atoms with van der Waals surface area (Å²) < 4.78 is 16.5. The molecule has 1 aromatic heterocycles. The fourth-order valence-electron chi connectivity index (χ4n) is 5.15. The third kappa shape index (κ3) is 4.93. The van der Waals surface area contributed by atoms with Crippen molar-refractivity contribution in [1.29, 1.82) is 0 Å². The van der Waals surface area contributed by atoms with Gasteiger partial charge in [0.2, 0.25) is 0 Å². The van der Waals surface area contributed by atoms with Crippen molar-refractivity contribution in [2.24, 2.45) is 0 Å². The largest absolute Gasteiger partial charge is 0.503 e. The quantitative estimate of drug-likeness (QED) is 0.304. The monoisotopic (exact) mass is 526 g/mol. The zero-order valence-corrected chi connectivity index (χ0v) is 22.1. The van der Waals surface area contributed by atoms with Gasteiger partial charge in [-0.05, 0) is 53.9 Å². The Hall–Kier alpha value is -4.72. The van der Waals surface area contributed by atoms with Crippen LogP contribution in [0.3, 0.4) is 0 Å². The fourth-order valence-corrected chi connectivity index (χ4v) is 5.15. The van der Waals surface area contributed by atoms with Crippen LogP contribution < -0.4 is 14.2 Å². The number of hydrogen-bond donors (Lipinski definition) is 2. The second-order valence-corrected chi connectivity index (χ2v) is 9.33. The maximum atomic E-state index is 13.6. The number of amides is 1. The molecule has 2 N–H and O–H groups in total. The van der Waals surface area contributed by atoms with Crippen LogP contribution in [0.1, 0.15) is 22.7 Å². The molecule has 1 aliphatic rings. The summed E-state index contributed by atoms with van der Waals surface area (Å²) in [4.78, 5) is 31.9. The first-order valence-electron chi connectivity index (χ1n) is 12.6. The van der Waals surface area contributed by atoms with Crippen LogP contribution in [0.5, 0.6) is 17.2 Å². The predicted molar refractivity (Wildman–Crippen MR) is 147 cm³/mol. The number of aromatic amines is 1. The number of hydrogen-bond acceptors (Lipinski definition) is 6. The number of fused-ring (bicyclic) bond motifs is 1. The van der Waals surface area contributed by atoms with Crippen molar-refractivity contribution < 1.29 is 28.9 Å².